The van der Waals surface area contributed by atoms with Gasteiger partial charge >= 0.3 is 6.18 Å². The van der Waals surface area contributed by atoms with Gasteiger partial charge in [-0.2, -0.15) is 18.3 Å². The molecule has 1 fully saturated rings. The summed E-state index contributed by atoms with van der Waals surface area (Å²) >= 11 is 0. The average molecular weight is 478 g/mol. The van der Waals surface area contributed by atoms with Crippen LogP contribution in [0.15, 0.2) is 79.3 Å². The van der Waals surface area contributed by atoms with Gasteiger partial charge < -0.3 is 9.80 Å². The average Bonchev–Trinajstić information content (AvgIpc) is 3.35. The molecule has 1 aliphatic rings. The number of nitrogens with zero attached hydrogens (tertiary/aromatic N) is 6. The fourth-order valence-electron chi connectivity index (χ4n) is 4.13. The van der Waals surface area contributed by atoms with E-state index < -0.39 is 11.7 Å². The number of alkyl halides is 3. The number of pyridine rings is 2. The molecule has 5 rings (SSSR count). The second kappa shape index (κ2) is 9.21. The lowest BCUT2D eigenvalue weighted by Gasteiger charge is -2.36. The first-order valence-electron chi connectivity index (χ1n) is 11.0. The maximum Gasteiger partial charge on any atom is 0.419 e. The Morgan fingerprint density at radius 3 is 2.26 bits per heavy atom. The number of carbonyl (C=O) groups is 1. The van der Waals surface area contributed by atoms with Crippen molar-refractivity contribution in [3.05, 3.63) is 90.5 Å². The summed E-state index contributed by atoms with van der Waals surface area (Å²) in [5.41, 5.74) is 1.89. The number of benzene rings is 1. The first kappa shape index (κ1) is 22.6. The molecule has 0 aliphatic carbocycles. The van der Waals surface area contributed by atoms with Gasteiger partial charge in [0, 0.05) is 50.3 Å². The van der Waals surface area contributed by atoms with Crippen LogP contribution in [0, 0.1) is 0 Å². The Labute approximate surface area is 199 Å². The summed E-state index contributed by atoms with van der Waals surface area (Å²) in [4.78, 5) is 24.5. The van der Waals surface area contributed by atoms with E-state index in [4.69, 9.17) is 0 Å². The molecule has 1 aliphatic heterocycles. The van der Waals surface area contributed by atoms with Crippen molar-refractivity contribution in [3.8, 4) is 16.9 Å². The van der Waals surface area contributed by atoms with Crippen molar-refractivity contribution in [2.45, 2.75) is 6.18 Å². The molecule has 10 heteroatoms. The first-order chi connectivity index (χ1) is 16.9. The monoisotopic (exact) mass is 478 g/mol. The third kappa shape index (κ3) is 4.59. The van der Waals surface area contributed by atoms with Gasteiger partial charge in [-0.25, -0.2) is 9.67 Å². The van der Waals surface area contributed by atoms with Gasteiger partial charge in [0.15, 0.2) is 5.69 Å². The van der Waals surface area contributed by atoms with Crippen LogP contribution < -0.4 is 4.90 Å². The molecule has 35 heavy (non-hydrogen) atoms. The number of carbonyl (C=O) groups excluding carboxylic acids is 1. The van der Waals surface area contributed by atoms with Crippen LogP contribution in [0.3, 0.4) is 0 Å². The highest BCUT2D eigenvalue weighted by atomic mass is 19.4. The molecule has 0 spiro atoms. The zero-order valence-electron chi connectivity index (χ0n) is 18.6. The number of anilines is 1. The van der Waals surface area contributed by atoms with Crippen molar-refractivity contribution < 1.29 is 18.0 Å². The third-order valence-corrected chi connectivity index (χ3v) is 5.86. The van der Waals surface area contributed by atoms with Gasteiger partial charge in [0.25, 0.3) is 5.91 Å². The molecule has 0 saturated carbocycles. The van der Waals surface area contributed by atoms with Gasteiger partial charge in [0.1, 0.15) is 5.82 Å². The molecule has 4 heterocycles. The highest BCUT2D eigenvalue weighted by Gasteiger charge is 2.36. The Hall–Kier alpha value is -4.21. The van der Waals surface area contributed by atoms with Crippen LogP contribution in [0.4, 0.5) is 19.0 Å². The van der Waals surface area contributed by atoms with E-state index in [0.717, 1.165) is 23.0 Å². The summed E-state index contributed by atoms with van der Waals surface area (Å²) in [5.74, 6) is -0.382. The van der Waals surface area contributed by atoms with Crippen molar-refractivity contribution in [3.63, 3.8) is 0 Å². The van der Waals surface area contributed by atoms with Gasteiger partial charge in [-0.3, -0.25) is 9.78 Å². The van der Waals surface area contributed by atoms with Gasteiger partial charge in [0.2, 0.25) is 0 Å². The van der Waals surface area contributed by atoms with E-state index in [1.165, 1.54) is 12.3 Å². The quantitative estimate of drug-likeness (QED) is 0.437. The lowest BCUT2D eigenvalue weighted by molar-refractivity contribution is -0.137. The molecule has 7 nitrogen and oxygen atoms in total. The number of rotatable bonds is 4. The molecular formula is C25H21F3N6O. The van der Waals surface area contributed by atoms with E-state index in [9.17, 15) is 18.0 Å². The normalized spacial score (nSPS) is 14.3. The topological polar surface area (TPSA) is 67.2 Å². The van der Waals surface area contributed by atoms with Crippen LogP contribution in [0.2, 0.25) is 0 Å². The van der Waals surface area contributed by atoms with E-state index in [2.05, 4.69) is 15.1 Å². The van der Waals surface area contributed by atoms with Crippen LogP contribution in [-0.4, -0.2) is 56.7 Å². The van der Waals surface area contributed by atoms with E-state index in [1.807, 2.05) is 42.5 Å². The molecule has 4 aromatic rings. The first-order valence-corrected chi connectivity index (χ1v) is 11.0. The molecule has 0 unspecified atom stereocenters. The molecular weight excluding hydrogens is 457 g/mol. The van der Waals surface area contributed by atoms with Crippen LogP contribution in [0.25, 0.3) is 16.9 Å². The lowest BCUT2D eigenvalue weighted by Crippen LogP contribution is -2.49. The fourth-order valence-corrected chi connectivity index (χ4v) is 4.13. The van der Waals surface area contributed by atoms with Crippen molar-refractivity contribution in [2.75, 3.05) is 31.1 Å². The number of halogens is 3. The number of aromatic nitrogens is 4. The largest absolute Gasteiger partial charge is 0.419 e. The highest BCUT2D eigenvalue weighted by Crippen LogP contribution is 2.35. The van der Waals surface area contributed by atoms with Crippen molar-refractivity contribution >= 4 is 11.7 Å². The summed E-state index contributed by atoms with van der Waals surface area (Å²) in [6, 6.07) is 17.2. The number of hydrogen-bond acceptors (Lipinski definition) is 5. The minimum atomic E-state index is -4.50. The predicted molar refractivity (Wildman–Crippen MR) is 124 cm³/mol. The molecule has 1 amide bonds. The molecule has 1 aromatic carbocycles. The van der Waals surface area contributed by atoms with E-state index >= 15 is 0 Å². The summed E-state index contributed by atoms with van der Waals surface area (Å²) in [5, 5.41) is 4.59. The van der Waals surface area contributed by atoms with Crippen LogP contribution in [0.1, 0.15) is 16.1 Å². The minimum Gasteiger partial charge on any atom is -0.353 e. The zero-order chi connectivity index (χ0) is 24.4. The van der Waals surface area contributed by atoms with Crippen LogP contribution in [0.5, 0.6) is 0 Å². The smallest absolute Gasteiger partial charge is 0.353 e. The van der Waals surface area contributed by atoms with E-state index in [-0.39, 0.29) is 43.6 Å². The number of hydrogen-bond donors (Lipinski definition) is 0. The maximum absolute atomic E-state index is 13.4. The van der Waals surface area contributed by atoms with Gasteiger partial charge in [-0.1, -0.05) is 18.2 Å². The molecule has 1 saturated heterocycles. The Balaban J connectivity index is 1.38. The molecule has 178 valence electrons. The number of amides is 1. The second-order valence-electron chi connectivity index (χ2n) is 8.05. The fraction of sp³-hybridized carbons (Fsp3) is 0.200. The Bertz CT molecular complexity index is 1260. The SMILES string of the molecule is O=C(c1cc(-c2ccncc2)n(-c2ccccc2)n1)N1CCN(c2ncccc2C(F)(F)F)CC1. The third-order valence-electron chi connectivity index (χ3n) is 5.86. The molecule has 0 N–H and O–H groups in total. The molecule has 3 aromatic heterocycles. The lowest BCUT2D eigenvalue weighted by atomic mass is 10.1. The van der Waals surface area contributed by atoms with Crippen LogP contribution >= 0.6 is 0 Å². The minimum absolute atomic E-state index is 0.111. The summed E-state index contributed by atoms with van der Waals surface area (Å²) in [7, 11) is 0. The van der Waals surface area contributed by atoms with Gasteiger partial charge in [-0.05, 0) is 42.5 Å². The predicted octanol–water partition coefficient (Wildman–Crippen LogP) is 4.31. The Kier molecular flexibility index (Phi) is 5.94. The van der Waals surface area contributed by atoms with Gasteiger partial charge in [-0.15, -0.1) is 0 Å². The molecule has 0 atom stereocenters. The Morgan fingerprint density at radius 1 is 0.857 bits per heavy atom. The van der Waals surface area contributed by atoms with Gasteiger partial charge in [0.05, 0.1) is 16.9 Å². The number of piperazine rings is 1. The highest BCUT2D eigenvalue weighted by molar-refractivity contribution is 5.94. The summed E-state index contributed by atoms with van der Waals surface area (Å²) in [6.07, 6.45) is 0.194. The number of para-hydroxylation sites is 1. The second-order valence-corrected chi connectivity index (χ2v) is 8.05. The van der Waals surface area contributed by atoms with E-state index in [1.54, 1.807) is 32.9 Å². The zero-order valence-corrected chi connectivity index (χ0v) is 18.6. The standard InChI is InChI=1S/C25H21F3N6O/c26-25(27,28)20-7-4-10-30-23(20)32-13-15-33(16-14-32)24(35)21-17-22(18-8-11-29-12-9-18)34(31-21)19-5-2-1-3-6-19/h1-12,17H,13-16H2. The van der Waals surface area contributed by atoms with E-state index in [0.29, 0.717) is 0 Å². The summed E-state index contributed by atoms with van der Waals surface area (Å²) < 4.78 is 41.9. The Morgan fingerprint density at radius 2 is 1.57 bits per heavy atom. The van der Waals surface area contributed by atoms with Crippen molar-refractivity contribution in [1.82, 2.24) is 24.6 Å². The maximum atomic E-state index is 13.4. The molecule has 0 radical (unpaired) electrons. The van der Waals surface area contributed by atoms with Crippen molar-refractivity contribution in [1.29, 1.82) is 0 Å². The van der Waals surface area contributed by atoms with Crippen LogP contribution in [-0.2, 0) is 6.18 Å². The van der Waals surface area contributed by atoms with Crippen molar-refractivity contribution in [2.24, 2.45) is 0 Å². The molecule has 0 bridgehead atoms. The summed E-state index contributed by atoms with van der Waals surface area (Å²) in [6.45, 7) is 0.996.